The standard InChI is InChI=1S/C12H20N2O5S/c15-11(13-4-1-2-5-13)7-14(8-12(16)17)10-3-6-20(18,19)9-10/h10H,1-9H2,(H,16,17). The summed E-state index contributed by atoms with van der Waals surface area (Å²) >= 11 is 0. The summed E-state index contributed by atoms with van der Waals surface area (Å²) in [5.41, 5.74) is 0. The SMILES string of the molecule is O=C(O)CN(CC(=O)N1CCCC1)C1CCS(=O)(=O)C1. The summed E-state index contributed by atoms with van der Waals surface area (Å²) in [5.74, 6) is -1.12. The molecule has 20 heavy (non-hydrogen) atoms. The molecule has 2 rings (SSSR count). The number of carbonyl (C=O) groups excluding carboxylic acids is 1. The molecule has 0 saturated carbocycles. The van der Waals surface area contributed by atoms with Crippen molar-refractivity contribution in [3.05, 3.63) is 0 Å². The summed E-state index contributed by atoms with van der Waals surface area (Å²) in [5, 5.41) is 8.94. The zero-order valence-corrected chi connectivity index (χ0v) is 12.1. The van der Waals surface area contributed by atoms with Gasteiger partial charge in [0.1, 0.15) is 0 Å². The van der Waals surface area contributed by atoms with Gasteiger partial charge in [-0.05, 0) is 19.3 Å². The van der Waals surface area contributed by atoms with Gasteiger partial charge in [-0.2, -0.15) is 0 Å². The third-order valence-corrected chi connectivity index (χ3v) is 5.61. The molecule has 2 aliphatic rings. The minimum Gasteiger partial charge on any atom is -0.480 e. The number of hydrogen-bond donors (Lipinski definition) is 1. The normalized spacial score (nSPS) is 25.2. The van der Waals surface area contributed by atoms with Crippen molar-refractivity contribution in [2.24, 2.45) is 0 Å². The monoisotopic (exact) mass is 304 g/mol. The predicted octanol–water partition coefficient (Wildman–Crippen LogP) is -0.817. The molecule has 0 aromatic rings. The van der Waals surface area contributed by atoms with Gasteiger partial charge in [-0.1, -0.05) is 0 Å². The van der Waals surface area contributed by atoms with Gasteiger partial charge in [0.05, 0.1) is 24.6 Å². The molecule has 1 amide bonds. The maximum Gasteiger partial charge on any atom is 0.317 e. The van der Waals surface area contributed by atoms with Crippen LogP contribution in [0.4, 0.5) is 0 Å². The molecule has 1 unspecified atom stereocenters. The Balaban J connectivity index is 2.00. The van der Waals surface area contributed by atoms with E-state index in [2.05, 4.69) is 0 Å². The van der Waals surface area contributed by atoms with E-state index in [1.807, 2.05) is 0 Å². The van der Waals surface area contributed by atoms with Crippen molar-refractivity contribution >= 4 is 21.7 Å². The lowest BCUT2D eigenvalue weighted by molar-refractivity contribution is -0.140. The summed E-state index contributed by atoms with van der Waals surface area (Å²) in [6.07, 6.45) is 2.36. The highest BCUT2D eigenvalue weighted by molar-refractivity contribution is 7.91. The molecule has 0 aromatic carbocycles. The summed E-state index contributed by atoms with van der Waals surface area (Å²) in [6.45, 7) is 1.12. The number of nitrogens with zero attached hydrogens (tertiary/aromatic N) is 2. The smallest absolute Gasteiger partial charge is 0.317 e. The van der Waals surface area contributed by atoms with Gasteiger partial charge in [-0.25, -0.2) is 8.42 Å². The number of rotatable bonds is 5. The molecule has 2 saturated heterocycles. The molecule has 2 heterocycles. The number of aliphatic carboxylic acids is 1. The van der Waals surface area contributed by atoms with E-state index in [-0.39, 0.29) is 36.5 Å². The molecular weight excluding hydrogens is 284 g/mol. The number of likely N-dealkylation sites (tertiary alicyclic amines) is 1. The van der Waals surface area contributed by atoms with Crippen molar-refractivity contribution in [3.8, 4) is 0 Å². The molecule has 0 radical (unpaired) electrons. The zero-order valence-electron chi connectivity index (χ0n) is 11.3. The third-order valence-electron chi connectivity index (χ3n) is 3.86. The molecule has 0 aliphatic carbocycles. The van der Waals surface area contributed by atoms with Gasteiger partial charge in [0.2, 0.25) is 5.91 Å². The van der Waals surface area contributed by atoms with Crippen LogP contribution in [0.3, 0.4) is 0 Å². The first-order chi connectivity index (χ1) is 9.37. The first-order valence-electron chi connectivity index (χ1n) is 6.81. The zero-order chi connectivity index (χ0) is 14.8. The molecule has 114 valence electrons. The Morgan fingerprint density at radius 3 is 2.35 bits per heavy atom. The second-order valence-electron chi connectivity index (χ2n) is 5.44. The van der Waals surface area contributed by atoms with Crippen LogP contribution in [0.15, 0.2) is 0 Å². The number of amides is 1. The maximum atomic E-state index is 12.1. The van der Waals surface area contributed by atoms with Crippen LogP contribution < -0.4 is 0 Å². The predicted molar refractivity (Wildman–Crippen MR) is 72.1 cm³/mol. The van der Waals surface area contributed by atoms with Gasteiger partial charge >= 0.3 is 5.97 Å². The average molecular weight is 304 g/mol. The van der Waals surface area contributed by atoms with E-state index in [9.17, 15) is 18.0 Å². The van der Waals surface area contributed by atoms with E-state index in [0.29, 0.717) is 19.5 Å². The van der Waals surface area contributed by atoms with Crippen LogP contribution in [0.25, 0.3) is 0 Å². The van der Waals surface area contributed by atoms with Crippen LogP contribution in [0.1, 0.15) is 19.3 Å². The van der Waals surface area contributed by atoms with E-state index in [1.165, 1.54) is 4.90 Å². The topological polar surface area (TPSA) is 95.0 Å². The molecule has 2 fully saturated rings. The van der Waals surface area contributed by atoms with Crippen molar-refractivity contribution in [1.82, 2.24) is 9.80 Å². The molecule has 0 aromatic heterocycles. The third kappa shape index (κ3) is 3.92. The summed E-state index contributed by atoms with van der Waals surface area (Å²) in [6, 6.07) is -0.359. The molecule has 7 nitrogen and oxygen atoms in total. The van der Waals surface area contributed by atoms with Gasteiger partial charge in [0.15, 0.2) is 9.84 Å². The van der Waals surface area contributed by atoms with Crippen molar-refractivity contribution in [1.29, 1.82) is 0 Å². The molecule has 0 bridgehead atoms. The number of carboxylic acids is 1. The summed E-state index contributed by atoms with van der Waals surface area (Å²) in [7, 11) is -3.09. The minimum absolute atomic E-state index is 0.00745. The Morgan fingerprint density at radius 2 is 1.85 bits per heavy atom. The highest BCUT2D eigenvalue weighted by Crippen LogP contribution is 2.18. The number of carbonyl (C=O) groups is 2. The van der Waals surface area contributed by atoms with E-state index >= 15 is 0 Å². The summed E-state index contributed by atoms with van der Waals surface area (Å²) < 4.78 is 23.0. The van der Waals surface area contributed by atoms with E-state index in [4.69, 9.17) is 5.11 Å². The highest BCUT2D eigenvalue weighted by atomic mass is 32.2. The van der Waals surface area contributed by atoms with Crippen molar-refractivity contribution in [2.75, 3.05) is 37.7 Å². The molecular formula is C12H20N2O5S. The fraction of sp³-hybridized carbons (Fsp3) is 0.833. The highest BCUT2D eigenvalue weighted by Gasteiger charge is 2.34. The Labute approximate surface area is 118 Å². The van der Waals surface area contributed by atoms with Crippen molar-refractivity contribution in [2.45, 2.75) is 25.3 Å². The fourth-order valence-electron chi connectivity index (χ4n) is 2.79. The molecule has 1 N–H and O–H groups in total. The molecule has 8 heteroatoms. The lowest BCUT2D eigenvalue weighted by atomic mass is 10.2. The fourth-order valence-corrected chi connectivity index (χ4v) is 4.55. The van der Waals surface area contributed by atoms with Gasteiger partial charge in [0.25, 0.3) is 0 Å². The molecule has 2 aliphatic heterocycles. The van der Waals surface area contributed by atoms with Crippen LogP contribution in [-0.4, -0.2) is 78.9 Å². The largest absolute Gasteiger partial charge is 0.480 e. The van der Waals surface area contributed by atoms with E-state index in [1.54, 1.807) is 4.90 Å². The van der Waals surface area contributed by atoms with Gasteiger partial charge in [-0.3, -0.25) is 14.5 Å². The second kappa shape index (κ2) is 6.09. The van der Waals surface area contributed by atoms with Crippen LogP contribution in [0, 0.1) is 0 Å². The molecule has 1 atom stereocenters. The van der Waals surface area contributed by atoms with Gasteiger partial charge < -0.3 is 10.0 Å². The van der Waals surface area contributed by atoms with Crippen LogP contribution in [-0.2, 0) is 19.4 Å². The Bertz CT molecular complexity index is 484. The summed E-state index contributed by atoms with van der Waals surface area (Å²) in [4.78, 5) is 26.2. The Hall–Kier alpha value is -1.15. The lowest BCUT2D eigenvalue weighted by Crippen LogP contribution is -2.46. The molecule has 0 spiro atoms. The number of sulfone groups is 1. The van der Waals surface area contributed by atoms with Crippen molar-refractivity contribution < 1.29 is 23.1 Å². The van der Waals surface area contributed by atoms with Gasteiger partial charge in [0, 0.05) is 19.1 Å². The van der Waals surface area contributed by atoms with Crippen molar-refractivity contribution in [3.63, 3.8) is 0 Å². The van der Waals surface area contributed by atoms with E-state index in [0.717, 1.165) is 12.8 Å². The minimum atomic E-state index is -3.09. The quantitative estimate of drug-likeness (QED) is 0.713. The average Bonchev–Trinajstić information content (AvgIpc) is 2.96. The number of carboxylic acid groups (broad SMARTS) is 1. The van der Waals surface area contributed by atoms with E-state index < -0.39 is 15.8 Å². The first kappa shape index (κ1) is 15.2. The van der Waals surface area contributed by atoms with Crippen LogP contribution >= 0.6 is 0 Å². The van der Waals surface area contributed by atoms with Gasteiger partial charge in [-0.15, -0.1) is 0 Å². The van der Waals surface area contributed by atoms with Crippen LogP contribution in [0.5, 0.6) is 0 Å². The number of hydrogen-bond acceptors (Lipinski definition) is 5. The Kier molecular flexibility index (Phi) is 4.64. The maximum absolute atomic E-state index is 12.1. The Morgan fingerprint density at radius 1 is 1.20 bits per heavy atom. The second-order valence-corrected chi connectivity index (χ2v) is 7.67. The first-order valence-corrected chi connectivity index (χ1v) is 8.63. The van der Waals surface area contributed by atoms with Crippen LogP contribution in [0.2, 0.25) is 0 Å². The lowest BCUT2D eigenvalue weighted by Gasteiger charge is -2.27.